The fourth-order valence-electron chi connectivity index (χ4n) is 1.60. The van der Waals surface area contributed by atoms with E-state index >= 15 is 0 Å². The summed E-state index contributed by atoms with van der Waals surface area (Å²) in [5.41, 5.74) is 7.64. The Balaban J connectivity index is 2.09. The van der Waals surface area contributed by atoms with Crippen molar-refractivity contribution in [3.63, 3.8) is 0 Å². The van der Waals surface area contributed by atoms with E-state index in [9.17, 15) is 4.79 Å². The monoisotopic (exact) mass is 220 g/mol. The van der Waals surface area contributed by atoms with E-state index in [0.29, 0.717) is 6.42 Å². The first-order valence-electron chi connectivity index (χ1n) is 5.73. The van der Waals surface area contributed by atoms with Crippen LogP contribution >= 0.6 is 0 Å². The van der Waals surface area contributed by atoms with Crippen LogP contribution in [-0.2, 0) is 11.3 Å². The van der Waals surface area contributed by atoms with Crippen molar-refractivity contribution in [2.24, 2.45) is 5.73 Å². The molecular formula is C13H20N2O. The van der Waals surface area contributed by atoms with E-state index in [2.05, 4.69) is 36.5 Å². The summed E-state index contributed by atoms with van der Waals surface area (Å²) in [6.07, 6.45) is 2.36. The van der Waals surface area contributed by atoms with Gasteiger partial charge in [-0.25, -0.2) is 0 Å². The number of hydrogen-bond donors (Lipinski definition) is 2. The first-order valence-corrected chi connectivity index (χ1v) is 5.73. The van der Waals surface area contributed by atoms with Gasteiger partial charge in [0.1, 0.15) is 0 Å². The zero-order valence-corrected chi connectivity index (χ0v) is 9.83. The van der Waals surface area contributed by atoms with Crippen LogP contribution in [0.1, 0.15) is 30.4 Å². The molecule has 0 aliphatic carbocycles. The van der Waals surface area contributed by atoms with Gasteiger partial charge in [0.25, 0.3) is 0 Å². The molecule has 0 aliphatic heterocycles. The van der Waals surface area contributed by atoms with Crippen LogP contribution in [0.4, 0.5) is 0 Å². The quantitative estimate of drug-likeness (QED) is 0.688. The van der Waals surface area contributed by atoms with Gasteiger partial charge in [0.05, 0.1) is 0 Å². The predicted octanol–water partition coefficient (Wildman–Crippen LogP) is 1.74. The zero-order valence-electron chi connectivity index (χ0n) is 9.83. The normalized spacial score (nSPS) is 10.3. The molecule has 0 spiro atoms. The molecule has 0 fully saturated rings. The predicted molar refractivity (Wildman–Crippen MR) is 65.9 cm³/mol. The smallest absolute Gasteiger partial charge is 0.217 e. The van der Waals surface area contributed by atoms with Crippen LogP contribution in [0.5, 0.6) is 0 Å². The Bertz CT molecular complexity index is 336. The molecule has 0 saturated heterocycles. The maximum Gasteiger partial charge on any atom is 0.217 e. The summed E-state index contributed by atoms with van der Waals surface area (Å²) in [7, 11) is 0. The molecule has 1 amide bonds. The fraction of sp³-hybridized carbons (Fsp3) is 0.462. The van der Waals surface area contributed by atoms with E-state index in [1.165, 1.54) is 11.1 Å². The summed E-state index contributed by atoms with van der Waals surface area (Å²) in [6, 6.07) is 8.45. The number of nitrogens with two attached hydrogens (primary N) is 1. The van der Waals surface area contributed by atoms with Crippen molar-refractivity contribution in [1.82, 2.24) is 5.32 Å². The second-order valence-corrected chi connectivity index (χ2v) is 4.09. The minimum atomic E-state index is -0.210. The van der Waals surface area contributed by atoms with Crippen molar-refractivity contribution in [3.8, 4) is 0 Å². The third kappa shape index (κ3) is 5.51. The molecule has 0 saturated carbocycles. The second-order valence-electron chi connectivity index (χ2n) is 4.09. The molecule has 0 aliphatic rings. The maximum absolute atomic E-state index is 10.5. The lowest BCUT2D eigenvalue weighted by molar-refractivity contribution is -0.118. The van der Waals surface area contributed by atoms with E-state index in [1.807, 2.05) is 0 Å². The van der Waals surface area contributed by atoms with Crippen LogP contribution in [0.15, 0.2) is 24.3 Å². The minimum Gasteiger partial charge on any atom is -0.370 e. The number of aryl methyl sites for hydroxylation is 1. The number of unbranched alkanes of at least 4 members (excludes halogenated alkanes) is 1. The van der Waals surface area contributed by atoms with Gasteiger partial charge in [-0.15, -0.1) is 0 Å². The number of primary amides is 1. The van der Waals surface area contributed by atoms with Gasteiger partial charge in [0, 0.05) is 13.0 Å². The molecule has 1 aromatic rings. The lowest BCUT2D eigenvalue weighted by atomic mass is 10.1. The fourth-order valence-corrected chi connectivity index (χ4v) is 1.60. The summed E-state index contributed by atoms with van der Waals surface area (Å²) < 4.78 is 0. The van der Waals surface area contributed by atoms with Crippen molar-refractivity contribution in [1.29, 1.82) is 0 Å². The molecule has 0 atom stereocenters. The molecule has 3 heteroatoms. The average Bonchev–Trinajstić information content (AvgIpc) is 2.23. The van der Waals surface area contributed by atoms with Gasteiger partial charge in [-0.1, -0.05) is 29.8 Å². The molecule has 1 rings (SSSR count). The highest BCUT2D eigenvalue weighted by Crippen LogP contribution is 2.03. The number of rotatable bonds is 7. The van der Waals surface area contributed by atoms with Crippen molar-refractivity contribution < 1.29 is 4.79 Å². The molecule has 0 bridgehead atoms. The molecule has 88 valence electrons. The summed E-state index contributed by atoms with van der Waals surface area (Å²) in [5.74, 6) is -0.210. The van der Waals surface area contributed by atoms with Crippen LogP contribution in [0.25, 0.3) is 0 Å². The Kier molecular flexibility index (Phi) is 5.57. The van der Waals surface area contributed by atoms with Gasteiger partial charge in [-0.3, -0.25) is 4.79 Å². The summed E-state index contributed by atoms with van der Waals surface area (Å²) in [5, 5.41) is 3.35. The van der Waals surface area contributed by atoms with E-state index in [1.54, 1.807) is 0 Å². The van der Waals surface area contributed by atoms with Crippen molar-refractivity contribution in [3.05, 3.63) is 35.4 Å². The van der Waals surface area contributed by atoms with Crippen LogP contribution in [0.3, 0.4) is 0 Å². The minimum absolute atomic E-state index is 0.210. The maximum atomic E-state index is 10.5. The van der Waals surface area contributed by atoms with E-state index in [0.717, 1.165) is 25.9 Å². The molecular weight excluding hydrogens is 200 g/mol. The molecule has 3 N–H and O–H groups in total. The van der Waals surface area contributed by atoms with Crippen LogP contribution in [0.2, 0.25) is 0 Å². The lowest BCUT2D eigenvalue weighted by Crippen LogP contribution is -2.16. The molecule has 0 radical (unpaired) electrons. The number of carbonyl (C=O) groups excluding carboxylic acids is 1. The summed E-state index contributed by atoms with van der Waals surface area (Å²) in [6.45, 7) is 3.91. The van der Waals surface area contributed by atoms with E-state index in [-0.39, 0.29) is 5.91 Å². The lowest BCUT2D eigenvalue weighted by Gasteiger charge is -2.05. The van der Waals surface area contributed by atoms with Crippen LogP contribution in [-0.4, -0.2) is 12.5 Å². The van der Waals surface area contributed by atoms with Gasteiger partial charge in [0.15, 0.2) is 0 Å². The summed E-state index contributed by atoms with van der Waals surface area (Å²) in [4.78, 5) is 10.5. The Hall–Kier alpha value is -1.35. The molecule has 0 unspecified atom stereocenters. The molecule has 0 heterocycles. The van der Waals surface area contributed by atoms with E-state index in [4.69, 9.17) is 5.73 Å². The number of benzene rings is 1. The Morgan fingerprint density at radius 2 is 2.19 bits per heavy atom. The van der Waals surface area contributed by atoms with Crippen molar-refractivity contribution in [2.75, 3.05) is 6.54 Å². The van der Waals surface area contributed by atoms with Gasteiger partial charge in [-0.2, -0.15) is 0 Å². The average molecular weight is 220 g/mol. The van der Waals surface area contributed by atoms with Crippen LogP contribution < -0.4 is 11.1 Å². The summed E-state index contributed by atoms with van der Waals surface area (Å²) >= 11 is 0. The van der Waals surface area contributed by atoms with Crippen LogP contribution in [0, 0.1) is 6.92 Å². The van der Waals surface area contributed by atoms with Gasteiger partial charge in [0.2, 0.25) is 5.91 Å². The SMILES string of the molecule is Cc1cccc(CNCCCCC(N)=O)c1. The number of carbonyl (C=O) groups is 1. The zero-order chi connectivity index (χ0) is 11.8. The third-order valence-corrected chi connectivity index (χ3v) is 2.44. The molecule has 16 heavy (non-hydrogen) atoms. The molecule has 0 aromatic heterocycles. The largest absolute Gasteiger partial charge is 0.370 e. The molecule has 3 nitrogen and oxygen atoms in total. The number of hydrogen-bond acceptors (Lipinski definition) is 2. The highest BCUT2D eigenvalue weighted by atomic mass is 16.1. The standard InChI is InChI=1S/C13H20N2O/c1-11-5-4-6-12(9-11)10-15-8-3-2-7-13(14)16/h4-6,9,15H,2-3,7-8,10H2,1H3,(H2,14,16). The third-order valence-electron chi connectivity index (χ3n) is 2.44. The first kappa shape index (κ1) is 12.7. The Labute approximate surface area is 97.0 Å². The van der Waals surface area contributed by atoms with Gasteiger partial charge < -0.3 is 11.1 Å². The van der Waals surface area contributed by atoms with Crippen molar-refractivity contribution in [2.45, 2.75) is 32.7 Å². The van der Waals surface area contributed by atoms with Gasteiger partial charge >= 0.3 is 0 Å². The Morgan fingerprint density at radius 3 is 2.88 bits per heavy atom. The number of amides is 1. The topological polar surface area (TPSA) is 55.1 Å². The number of nitrogens with one attached hydrogen (secondary N) is 1. The second kappa shape index (κ2) is 7.01. The van der Waals surface area contributed by atoms with Crippen molar-refractivity contribution >= 4 is 5.91 Å². The first-order chi connectivity index (χ1) is 7.68. The van der Waals surface area contributed by atoms with Gasteiger partial charge in [-0.05, 0) is 31.9 Å². The molecule has 1 aromatic carbocycles. The van der Waals surface area contributed by atoms with E-state index < -0.39 is 0 Å². The Morgan fingerprint density at radius 1 is 1.38 bits per heavy atom. The highest BCUT2D eigenvalue weighted by molar-refractivity contribution is 5.73. The highest BCUT2D eigenvalue weighted by Gasteiger charge is 1.95.